The highest BCUT2D eigenvalue weighted by Gasteiger charge is 2.38. The first-order valence-electron chi connectivity index (χ1n) is 11.4. The average molecular weight is 555 g/mol. The van der Waals surface area contributed by atoms with Gasteiger partial charge in [0.1, 0.15) is 0 Å². The summed E-state index contributed by atoms with van der Waals surface area (Å²) in [6.45, 7) is 0.879. The van der Waals surface area contributed by atoms with Gasteiger partial charge >= 0.3 is 6.18 Å². The van der Waals surface area contributed by atoms with E-state index in [4.69, 9.17) is 16.7 Å². The standard InChI is InChI=1S/C26H26ClF3N2O4S/c1-2-23(19-6-4-3-5-7-19)32(37(35,36)22-14-12-21(27)13-15-22)17-18-8-10-20(11-9-18)25(34)31-16-24(33)26(28,29)30/h3-15,23-24,33H,2,16-17H2,1H3,(H,31,34). The van der Waals surface area contributed by atoms with Crippen molar-refractivity contribution in [1.29, 1.82) is 0 Å². The molecule has 0 aromatic heterocycles. The minimum absolute atomic E-state index is 0.0208. The molecule has 2 N–H and O–H groups in total. The summed E-state index contributed by atoms with van der Waals surface area (Å²) in [4.78, 5) is 12.3. The zero-order valence-corrected chi connectivity index (χ0v) is 21.4. The van der Waals surface area contributed by atoms with Gasteiger partial charge in [-0.15, -0.1) is 0 Å². The molecule has 37 heavy (non-hydrogen) atoms. The summed E-state index contributed by atoms with van der Waals surface area (Å²) < 4.78 is 66.2. The van der Waals surface area contributed by atoms with Crippen LogP contribution in [0.4, 0.5) is 13.2 Å². The molecule has 0 saturated heterocycles. The van der Waals surface area contributed by atoms with E-state index in [-0.39, 0.29) is 17.0 Å². The van der Waals surface area contributed by atoms with Crippen LogP contribution in [0.3, 0.4) is 0 Å². The van der Waals surface area contributed by atoms with Crippen LogP contribution < -0.4 is 5.32 Å². The number of alkyl halides is 3. The van der Waals surface area contributed by atoms with Gasteiger partial charge in [0.05, 0.1) is 17.5 Å². The van der Waals surface area contributed by atoms with Crippen LogP contribution in [-0.4, -0.2) is 42.6 Å². The van der Waals surface area contributed by atoms with Crippen molar-refractivity contribution < 1.29 is 31.5 Å². The Morgan fingerprint density at radius 1 is 1.00 bits per heavy atom. The number of aliphatic hydroxyl groups is 1. The molecule has 3 aromatic rings. The van der Waals surface area contributed by atoms with E-state index in [1.165, 1.54) is 52.8 Å². The molecule has 0 aliphatic heterocycles. The van der Waals surface area contributed by atoms with Crippen LogP contribution in [0, 0.1) is 0 Å². The van der Waals surface area contributed by atoms with Gasteiger partial charge in [-0.25, -0.2) is 8.42 Å². The Bertz CT molecular complexity index is 1290. The van der Waals surface area contributed by atoms with Crippen LogP contribution in [0.15, 0.2) is 83.8 Å². The fraction of sp³-hybridized carbons (Fsp3) is 0.269. The number of carbonyl (C=O) groups excluding carboxylic acids is 1. The molecule has 3 aromatic carbocycles. The number of carbonyl (C=O) groups is 1. The molecular weight excluding hydrogens is 529 g/mol. The minimum Gasteiger partial charge on any atom is -0.382 e. The molecule has 11 heteroatoms. The highest BCUT2D eigenvalue weighted by atomic mass is 35.5. The van der Waals surface area contributed by atoms with Crippen molar-refractivity contribution in [3.8, 4) is 0 Å². The fourth-order valence-electron chi connectivity index (χ4n) is 3.73. The fourth-order valence-corrected chi connectivity index (χ4v) is 5.54. The van der Waals surface area contributed by atoms with Crippen LogP contribution in [0.5, 0.6) is 0 Å². The van der Waals surface area contributed by atoms with Crippen molar-refractivity contribution in [2.24, 2.45) is 0 Å². The Hall–Kier alpha value is -2.92. The van der Waals surface area contributed by atoms with Crippen molar-refractivity contribution in [1.82, 2.24) is 9.62 Å². The zero-order valence-electron chi connectivity index (χ0n) is 19.8. The maximum atomic E-state index is 13.7. The van der Waals surface area contributed by atoms with Gasteiger partial charge in [-0.2, -0.15) is 17.5 Å². The van der Waals surface area contributed by atoms with Gasteiger partial charge in [0.25, 0.3) is 5.91 Å². The lowest BCUT2D eigenvalue weighted by Crippen LogP contribution is -2.40. The quantitative estimate of drug-likeness (QED) is 0.354. The number of hydrogen-bond donors (Lipinski definition) is 2. The summed E-state index contributed by atoms with van der Waals surface area (Å²) in [6, 6.07) is 20.4. The molecule has 3 rings (SSSR count). The molecular formula is C26H26ClF3N2O4S. The lowest BCUT2D eigenvalue weighted by Gasteiger charge is -2.31. The van der Waals surface area contributed by atoms with Gasteiger partial charge < -0.3 is 10.4 Å². The van der Waals surface area contributed by atoms with Gasteiger partial charge in [-0.05, 0) is 53.9 Å². The lowest BCUT2D eigenvalue weighted by atomic mass is 10.0. The maximum absolute atomic E-state index is 13.7. The Kier molecular flexibility index (Phi) is 9.36. The number of halogens is 4. The van der Waals surface area contributed by atoms with E-state index in [0.29, 0.717) is 17.0 Å². The molecule has 0 radical (unpaired) electrons. The number of rotatable bonds is 10. The molecule has 6 nitrogen and oxygen atoms in total. The second kappa shape index (κ2) is 12.1. The first kappa shape index (κ1) is 28.6. The van der Waals surface area contributed by atoms with E-state index in [1.807, 2.05) is 42.6 Å². The second-order valence-corrected chi connectivity index (χ2v) is 10.6. The third-order valence-corrected chi connectivity index (χ3v) is 7.85. The van der Waals surface area contributed by atoms with Crippen molar-refractivity contribution in [2.75, 3.05) is 6.54 Å². The summed E-state index contributed by atoms with van der Waals surface area (Å²) >= 11 is 5.95. The number of amides is 1. The Morgan fingerprint density at radius 2 is 1.59 bits per heavy atom. The molecule has 0 fully saturated rings. The zero-order chi connectivity index (χ0) is 27.2. The number of aliphatic hydroxyl groups excluding tert-OH is 1. The molecule has 2 unspecified atom stereocenters. The number of nitrogens with one attached hydrogen (secondary N) is 1. The van der Waals surface area contributed by atoms with Crippen LogP contribution in [0.2, 0.25) is 5.02 Å². The largest absolute Gasteiger partial charge is 0.416 e. The predicted octanol–water partition coefficient (Wildman–Crippen LogP) is 5.34. The third-order valence-electron chi connectivity index (χ3n) is 5.73. The Labute approximate surface area is 218 Å². The molecule has 0 saturated carbocycles. The predicted molar refractivity (Wildman–Crippen MR) is 134 cm³/mol. The van der Waals surface area contributed by atoms with E-state index in [0.717, 1.165) is 5.56 Å². The van der Waals surface area contributed by atoms with Gasteiger partial charge in [-0.3, -0.25) is 4.79 Å². The lowest BCUT2D eigenvalue weighted by molar-refractivity contribution is -0.201. The number of sulfonamides is 1. The topological polar surface area (TPSA) is 86.7 Å². The maximum Gasteiger partial charge on any atom is 0.416 e. The Morgan fingerprint density at radius 3 is 2.14 bits per heavy atom. The van der Waals surface area contributed by atoms with Gasteiger partial charge in [0.15, 0.2) is 6.10 Å². The van der Waals surface area contributed by atoms with E-state index >= 15 is 0 Å². The number of benzene rings is 3. The molecule has 1 amide bonds. The molecule has 0 aliphatic rings. The summed E-state index contributed by atoms with van der Waals surface area (Å²) in [5.41, 5.74) is 1.45. The summed E-state index contributed by atoms with van der Waals surface area (Å²) in [5.74, 6) is -0.795. The number of hydrogen-bond acceptors (Lipinski definition) is 4. The smallest absolute Gasteiger partial charge is 0.382 e. The molecule has 2 atom stereocenters. The molecule has 0 aliphatic carbocycles. The average Bonchev–Trinajstić information content (AvgIpc) is 2.87. The van der Waals surface area contributed by atoms with Gasteiger partial charge in [-0.1, -0.05) is 61.0 Å². The molecule has 0 spiro atoms. The van der Waals surface area contributed by atoms with Gasteiger partial charge in [0, 0.05) is 17.1 Å². The van der Waals surface area contributed by atoms with Crippen molar-refractivity contribution in [2.45, 2.75) is 43.1 Å². The van der Waals surface area contributed by atoms with E-state index in [1.54, 1.807) is 0 Å². The van der Waals surface area contributed by atoms with Crippen molar-refractivity contribution >= 4 is 27.5 Å². The van der Waals surface area contributed by atoms with Crippen LogP contribution in [0.25, 0.3) is 0 Å². The van der Waals surface area contributed by atoms with E-state index in [9.17, 15) is 26.4 Å². The minimum atomic E-state index is -4.84. The highest BCUT2D eigenvalue weighted by Crippen LogP contribution is 2.32. The molecule has 0 heterocycles. The van der Waals surface area contributed by atoms with Crippen molar-refractivity contribution in [3.05, 3.63) is 101 Å². The second-order valence-electron chi connectivity index (χ2n) is 8.30. The van der Waals surface area contributed by atoms with Crippen molar-refractivity contribution in [3.63, 3.8) is 0 Å². The first-order chi connectivity index (χ1) is 17.4. The highest BCUT2D eigenvalue weighted by molar-refractivity contribution is 7.89. The van der Waals surface area contributed by atoms with Crippen LogP contribution in [-0.2, 0) is 16.6 Å². The van der Waals surface area contributed by atoms with Crippen LogP contribution in [0.1, 0.15) is 40.9 Å². The molecule has 0 bridgehead atoms. The third kappa shape index (κ3) is 7.32. The SMILES string of the molecule is CCC(c1ccccc1)N(Cc1ccc(C(=O)NCC(O)C(F)(F)F)cc1)S(=O)(=O)c1ccc(Cl)cc1. The molecule has 198 valence electrons. The Balaban J connectivity index is 1.88. The van der Waals surface area contributed by atoms with E-state index in [2.05, 4.69) is 0 Å². The normalized spacial score (nSPS) is 13.8. The summed E-state index contributed by atoms with van der Waals surface area (Å²) in [6.07, 6.45) is -7.03. The van der Waals surface area contributed by atoms with Crippen LogP contribution >= 0.6 is 11.6 Å². The summed E-state index contributed by atoms with van der Waals surface area (Å²) in [5, 5.41) is 11.5. The first-order valence-corrected chi connectivity index (χ1v) is 13.2. The monoisotopic (exact) mass is 554 g/mol. The number of nitrogens with zero attached hydrogens (tertiary/aromatic N) is 1. The van der Waals surface area contributed by atoms with E-state index < -0.39 is 40.8 Å². The summed E-state index contributed by atoms with van der Waals surface area (Å²) in [7, 11) is -3.97. The van der Waals surface area contributed by atoms with Gasteiger partial charge in [0.2, 0.25) is 10.0 Å².